The number of carbonyl (C=O) groups excluding carboxylic acids is 4. The third-order valence-electron chi connectivity index (χ3n) is 5.37. The van der Waals surface area contributed by atoms with Crippen molar-refractivity contribution in [1.82, 2.24) is 14.7 Å². The SMILES string of the molecule is N#CCC(=O)N1CCCN(C(=O)CCCN2C(=O)c3ccc([N+](=O)[O-])cc3C2=O)CC1. The van der Waals surface area contributed by atoms with Gasteiger partial charge in [0.1, 0.15) is 6.42 Å². The minimum Gasteiger partial charge on any atom is -0.341 e. The predicted octanol–water partition coefficient (Wildman–Crippen LogP) is 0.946. The predicted molar refractivity (Wildman–Crippen MR) is 106 cm³/mol. The molecule has 0 bridgehead atoms. The second-order valence-electron chi connectivity index (χ2n) is 7.30. The summed E-state index contributed by atoms with van der Waals surface area (Å²) in [4.78, 5) is 63.8. The van der Waals surface area contributed by atoms with Crippen LogP contribution < -0.4 is 0 Å². The zero-order chi connectivity index (χ0) is 22.5. The number of benzene rings is 1. The summed E-state index contributed by atoms with van der Waals surface area (Å²) in [7, 11) is 0. The summed E-state index contributed by atoms with van der Waals surface area (Å²) in [6.45, 7) is 1.75. The molecule has 0 atom stereocenters. The molecule has 2 heterocycles. The van der Waals surface area contributed by atoms with Crippen molar-refractivity contribution in [1.29, 1.82) is 5.26 Å². The first-order valence-electron chi connectivity index (χ1n) is 9.90. The second-order valence-corrected chi connectivity index (χ2v) is 7.30. The van der Waals surface area contributed by atoms with Crippen molar-refractivity contribution in [2.75, 3.05) is 32.7 Å². The first-order chi connectivity index (χ1) is 14.8. The van der Waals surface area contributed by atoms with Crippen molar-refractivity contribution in [2.24, 2.45) is 0 Å². The Hall–Kier alpha value is -3.81. The number of rotatable bonds is 6. The minimum absolute atomic E-state index is 0.000159. The van der Waals surface area contributed by atoms with Crippen molar-refractivity contribution in [3.8, 4) is 6.07 Å². The molecule has 1 aromatic carbocycles. The van der Waals surface area contributed by atoms with Gasteiger partial charge in [0, 0.05) is 51.3 Å². The molecule has 0 saturated carbocycles. The van der Waals surface area contributed by atoms with E-state index in [4.69, 9.17) is 5.26 Å². The normalized spacial score (nSPS) is 16.0. The van der Waals surface area contributed by atoms with Gasteiger partial charge in [-0.25, -0.2) is 0 Å². The van der Waals surface area contributed by atoms with Gasteiger partial charge >= 0.3 is 0 Å². The van der Waals surface area contributed by atoms with Gasteiger partial charge in [0.2, 0.25) is 11.8 Å². The summed E-state index contributed by atoms with van der Waals surface area (Å²) >= 11 is 0. The summed E-state index contributed by atoms with van der Waals surface area (Å²) in [6.07, 6.45) is 0.817. The zero-order valence-electron chi connectivity index (χ0n) is 16.8. The van der Waals surface area contributed by atoms with Crippen molar-refractivity contribution < 1.29 is 24.1 Å². The largest absolute Gasteiger partial charge is 0.341 e. The van der Waals surface area contributed by atoms with Gasteiger partial charge < -0.3 is 9.80 Å². The maximum absolute atomic E-state index is 12.5. The lowest BCUT2D eigenvalue weighted by molar-refractivity contribution is -0.384. The number of nitriles is 1. The molecule has 0 radical (unpaired) electrons. The van der Waals surface area contributed by atoms with Gasteiger partial charge in [0.05, 0.1) is 22.1 Å². The van der Waals surface area contributed by atoms with Crippen LogP contribution in [0.25, 0.3) is 0 Å². The lowest BCUT2D eigenvalue weighted by Crippen LogP contribution is -2.37. The third-order valence-corrected chi connectivity index (χ3v) is 5.37. The van der Waals surface area contributed by atoms with Crippen LogP contribution in [0.2, 0.25) is 0 Å². The molecule has 0 unspecified atom stereocenters. The summed E-state index contributed by atoms with van der Waals surface area (Å²) in [6, 6.07) is 5.38. The number of non-ortho nitro benzene ring substituents is 1. The van der Waals surface area contributed by atoms with E-state index in [2.05, 4.69) is 0 Å². The first kappa shape index (κ1) is 21.9. The van der Waals surface area contributed by atoms with Gasteiger partial charge in [-0.2, -0.15) is 5.26 Å². The van der Waals surface area contributed by atoms with Crippen LogP contribution in [-0.2, 0) is 9.59 Å². The van der Waals surface area contributed by atoms with E-state index in [1.54, 1.807) is 9.80 Å². The van der Waals surface area contributed by atoms with Crippen LogP contribution in [0.5, 0.6) is 0 Å². The van der Waals surface area contributed by atoms with Gasteiger partial charge in [-0.3, -0.25) is 34.2 Å². The van der Waals surface area contributed by atoms with Crippen molar-refractivity contribution in [2.45, 2.75) is 25.7 Å². The van der Waals surface area contributed by atoms with Gasteiger partial charge in [0.25, 0.3) is 17.5 Å². The molecular formula is C20H21N5O6. The van der Waals surface area contributed by atoms with Crippen LogP contribution in [0.15, 0.2) is 18.2 Å². The van der Waals surface area contributed by atoms with Crippen molar-refractivity contribution in [3.63, 3.8) is 0 Å². The average molecular weight is 427 g/mol. The van der Waals surface area contributed by atoms with E-state index in [0.29, 0.717) is 32.6 Å². The average Bonchev–Trinajstić information content (AvgIpc) is 2.92. The van der Waals surface area contributed by atoms with E-state index in [9.17, 15) is 29.3 Å². The first-order valence-corrected chi connectivity index (χ1v) is 9.90. The van der Waals surface area contributed by atoms with E-state index in [1.807, 2.05) is 6.07 Å². The highest BCUT2D eigenvalue weighted by atomic mass is 16.6. The van der Waals surface area contributed by atoms with E-state index < -0.39 is 16.7 Å². The van der Waals surface area contributed by atoms with Crippen molar-refractivity contribution in [3.05, 3.63) is 39.4 Å². The zero-order valence-corrected chi connectivity index (χ0v) is 16.8. The van der Waals surface area contributed by atoms with Gasteiger partial charge in [-0.05, 0) is 18.9 Å². The summed E-state index contributed by atoms with van der Waals surface area (Å²) in [5.41, 5.74) is -0.142. The Balaban J connectivity index is 1.52. The van der Waals surface area contributed by atoms with E-state index in [0.717, 1.165) is 11.0 Å². The molecular weight excluding hydrogens is 406 g/mol. The highest BCUT2D eigenvalue weighted by Gasteiger charge is 2.36. The summed E-state index contributed by atoms with van der Waals surface area (Å²) in [5, 5.41) is 19.6. The molecule has 2 aliphatic rings. The summed E-state index contributed by atoms with van der Waals surface area (Å²) < 4.78 is 0. The molecule has 1 fully saturated rings. The Morgan fingerprint density at radius 1 is 1.03 bits per heavy atom. The molecule has 11 nitrogen and oxygen atoms in total. The topological polar surface area (TPSA) is 145 Å². The van der Waals surface area contributed by atoms with Crippen LogP contribution in [-0.4, -0.2) is 76.0 Å². The van der Waals surface area contributed by atoms with Crippen LogP contribution in [0, 0.1) is 21.4 Å². The van der Waals surface area contributed by atoms with Crippen LogP contribution >= 0.6 is 0 Å². The molecule has 0 spiro atoms. The van der Waals surface area contributed by atoms with E-state index in [1.165, 1.54) is 12.1 Å². The molecule has 3 rings (SSSR count). The number of carbonyl (C=O) groups is 4. The number of nitro groups is 1. The molecule has 11 heteroatoms. The standard InChI is InChI=1S/C20H21N5O6/c21-7-6-18(27)23-9-2-8-22(11-12-23)17(26)3-1-10-24-19(28)15-5-4-14(25(30)31)13-16(15)20(24)29/h4-5,13H,1-3,6,8-12H2. The lowest BCUT2D eigenvalue weighted by atomic mass is 10.1. The molecule has 4 amide bonds. The fraction of sp³-hybridized carbons (Fsp3) is 0.450. The molecule has 162 valence electrons. The molecule has 0 aliphatic carbocycles. The maximum Gasteiger partial charge on any atom is 0.270 e. The Morgan fingerprint density at radius 3 is 2.32 bits per heavy atom. The third kappa shape index (κ3) is 4.69. The number of imide groups is 1. The fourth-order valence-corrected chi connectivity index (χ4v) is 3.74. The number of hydrogen-bond donors (Lipinski definition) is 0. The fourth-order valence-electron chi connectivity index (χ4n) is 3.74. The molecule has 0 N–H and O–H groups in total. The van der Waals surface area contributed by atoms with Crippen LogP contribution in [0.1, 0.15) is 46.4 Å². The quantitative estimate of drug-likeness (QED) is 0.373. The molecule has 1 saturated heterocycles. The van der Waals surface area contributed by atoms with Gasteiger partial charge in [-0.1, -0.05) is 0 Å². The number of nitro benzene ring substituents is 1. The van der Waals surface area contributed by atoms with Crippen molar-refractivity contribution >= 4 is 29.3 Å². The smallest absolute Gasteiger partial charge is 0.270 e. The van der Waals surface area contributed by atoms with Crippen LogP contribution in [0.3, 0.4) is 0 Å². The Kier molecular flexibility index (Phi) is 6.59. The Bertz CT molecular complexity index is 985. The molecule has 2 aliphatic heterocycles. The van der Waals surface area contributed by atoms with E-state index in [-0.39, 0.29) is 54.4 Å². The Morgan fingerprint density at radius 2 is 1.68 bits per heavy atom. The monoisotopic (exact) mass is 427 g/mol. The highest BCUT2D eigenvalue weighted by molar-refractivity contribution is 6.21. The minimum atomic E-state index is -0.629. The maximum atomic E-state index is 12.5. The number of fused-ring (bicyclic) bond motifs is 1. The molecule has 1 aromatic rings. The number of amides is 4. The molecule has 31 heavy (non-hydrogen) atoms. The van der Waals surface area contributed by atoms with Gasteiger partial charge in [-0.15, -0.1) is 0 Å². The number of nitrogens with zero attached hydrogens (tertiary/aromatic N) is 5. The highest BCUT2D eigenvalue weighted by Crippen LogP contribution is 2.27. The number of hydrogen-bond acceptors (Lipinski definition) is 7. The Labute approximate surface area is 178 Å². The lowest BCUT2D eigenvalue weighted by Gasteiger charge is -2.22. The van der Waals surface area contributed by atoms with Gasteiger partial charge in [0.15, 0.2) is 0 Å². The molecule has 0 aromatic heterocycles. The van der Waals surface area contributed by atoms with E-state index >= 15 is 0 Å². The second kappa shape index (κ2) is 9.34. The summed E-state index contributed by atoms with van der Waals surface area (Å²) in [5.74, 6) is -1.51. The van der Waals surface area contributed by atoms with Crippen LogP contribution in [0.4, 0.5) is 5.69 Å².